The van der Waals surface area contributed by atoms with E-state index >= 15 is 0 Å². The third-order valence-corrected chi connectivity index (χ3v) is 4.80. The Morgan fingerprint density at radius 2 is 1.73 bits per heavy atom. The average Bonchev–Trinajstić information content (AvgIpc) is 2.65. The molecule has 0 radical (unpaired) electrons. The van der Waals surface area contributed by atoms with E-state index in [-0.39, 0.29) is 17.5 Å². The van der Waals surface area contributed by atoms with Gasteiger partial charge in [0.1, 0.15) is 11.6 Å². The minimum absolute atomic E-state index is 0.106. The van der Waals surface area contributed by atoms with Gasteiger partial charge in [-0.1, -0.05) is 18.2 Å². The number of amides is 1. The highest BCUT2D eigenvalue weighted by atomic mass is 19.1. The first kappa shape index (κ1) is 18.5. The van der Waals surface area contributed by atoms with Gasteiger partial charge in [0, 0.05) is 25.3 Å². The fraction of sp³-hybridized carbons (Fsp3) is 0.381. The molecule has 1 fully saturated rings. The maximum atomic E-state index is 13.3. The zero-order chi connectivity index (χ0) is 18.4. The summed E-state index contributed by atoms with van der Waals surface area (Å²) >= 11 is 0. The van der Waals surface area contributed by atoms with Crippen molar-refractivity contribution in [1.82, 2.24) is 4.90 Å². The van der Waals surface area contributed by atoms with Gasteiger partial charge in [0.05, 0.1) is 6.61 Å². The number of carbonyl (C=O) groups excluding carboxylic acids is 1. The van der Waals surface area contributed by atoms with Gasteiger partial charge >= 0.3 is 0 Å². The number of nitrogens with zero attached hydrogens (tertiary/aromatic N) is 1. The van der Waals surface area contributed by atoms with Crippen molar-refractivity contribution >= 4 is 5.91 Å². The number of piperidine rings is 1. The molecule has 0 spiro atoms. The molecule has 0 atom stereocenters. The van der Waals surface area contributed by atoms with Crippen molar-refractivity contribution in [1.29, 1.82) is 0 Å². The molecule has 2 aromatic carbocycles. The molecule has 1 saturated heterocycles. The lowest BCUT2D eigenvalue weighted by molar-refractivity contribution is 0.0638. The first-order chi connectivity index (χ1) is 12.6. The largest absolute Gasteiger partial charge is 0.377 e. The number of ether oxygens (including phenoxy) is 1. The van der Waals surface area contributed by atoms with Crippen LogP contribution in [0.4, 0.5) is 8.78 Å². The fourth-order valence-corrected chi connectivity index (χ4v) is 3.30. The third-order valence-electron chi connectivity index (χ3n) is 4.80. The Kier molecular flexibility index (Phi) is 6.34. The summed E-state index contributed by atoms with van der Waals surface area (Å²) in [7, 11) is 0. The summed E-state index contributed by atoms with van der Waals surface area (Å²) in [4.78, 5) is 14.2. The van der Waals surface area contributed by atoms with Crippen molar-refractivity contribution < 1.29 is 18.3 Å². The monoisotopic (exact) mass is 359 g/mol. The van der Waals surface area contributed by atoms with Crippen molar-refractivity contribution in [2.45, 2.75) is 25.9 Å². The Labute approximate surface area is 152 Å². The maximum Gasteiger partial charge on any atom is 0.253 e. The lowest BCUT2D eigenvalue weighted by Gasteiger charge is -2.32. The summed E-state index contributed by atoms with van der Waals surface area (Å²) in [6.07, 6.45) is 2.77. The van der Waals surface area contributed by atoms with E-state index in [1.165, 1.54) is 24.3 Å². The fourth-order valence-electron chi connectivity index (χ4n) is 3.30. The normalized spacial score (nSPS) is 15.2. The Morgan fingerprint density at radius 1 is 1.04 bits per heavy atom. The number of benzene rings is 2. The highest BCUT2D eigenvalue weighted by Gasteiger charge is 2.23. The van der Waals surface area contributed by atoms with Crippen LogP contribution in [0.25, 0.3) is 0 Å². The van der Waals surface area contributed by atoms with Gasteiger partial charge in [0.2, 0.25) is 0 Å². The van der Waals surface area contributed by atoms with Gasteiger partial charge in [-0.05, 0) is 61.1 Å². The molecule has 2 aromatic rings. The van der Waals surface area contributed by atoms with Gasteiger partial charge in [-0.2, -0.15) is 0 Å². The second-order valence-corrected chi connectivity index (χ2v) is 6.72. The van der Waals surface area contributed by atoms with Crippen LogP contribution >= 0.6 is 0 Å². The summed E-state index contributed by atoms with van der Waals surface area (Å²) in [5.74, 6) is -0.230. The molecular weight excluding hydrogens is 336 g/mol. The smallest absolute Gasteiger partial charge is 0.253 e. The van der Waals surface area contributed by atoms with Crippen LogP contribution in [-0.4, -0.2) is 30.5 Å². The quantitative estimate of drug-likeness (QED) is 0.715. The number of rotatable bonds is 6. The molecule has 0 saturated carbocycles. The van der Waals surface area contributed by atoms with Gasteiger partial charge in [0.15, 0.2) is 0 Å². The molecule has 0 N–H and O–H groups in total. The van der Waals surface area contributed by atoms with E-state index in [9.17, 15) is 13.6 Å². The summed E-state index contributed by atoms with van der Waals surface area (Å²) in [5, 5.41) is 0. The minimum Gasteiger partial charge on any atom is -0.377 e. The molecule has 0 aliphatic carbocycles. The summed E-state index contributed by atoms with van der Waals surface area (Å²) < 4.78 is 32.0. The number of likely N-dealkylation sites (tertiary alicyclic amines) is 1. The lowest BCUT2D eigenvalue weighted by atomic mass is 9.93. The molecular formula is C21H23F2NO2. The first-order valence-corrected chi connectivity index (χ1v) is 8.99. The summed E-state index contributed by atoms with van der Waals surface area (Å²) in [6.45, 7) is 2.40. The van der Waals surface area contributed by atoms with Crippen LogP contribution < -0.4 is 0 Å². The Hall–Kier alpha value is -2.27. The molecule has 0 bridgehead atoms. The number of hydrogen-bond acceptors (Lipinski definition) is 2. The van der Waals surface area contributed by atoms with E-state index in [1.807, 2.05) is 6.07 Å². The summed E-state index contributed by atoms with van der Waals surface area (Å²) in [5.41, 5.74) is 1.24. The van der Waals surface area contributed by atoms with E-state index in [1.54, 1.807) is 23.1 Å². The Bertz CT molecular complexity index is 742. The molecule has 1 aliphatic rings. The predicted octanol–water partition coefficient (Wildman–Crippen LogP) is 4.42. The van der Waals surface area contributed by atoms with Gasteiger partial charge in [-0.3, -0.25) is 4.79 Å². The average molecular weight is 359 g/mol. The molecule has 3 rings (SSSR count). The molecule has 1 aliphatic heterocycles. The standard InChI is InChI=1S/C21H23F2NO2/c22-19-5-1-3-17(13-19)15-26-12-9-16-7-10-24(11-8-16)21(25)18-4-2-6-20(23)14-18/h1-6,13-14,16H,7-12,15H2. The van der Waals surface area contributed by atoms with Crippen LogP contribution in [0.15, 0.2) is 48.5 Å². The maximum absolute atomic E-state index is 13.3. The van der Waals surface area contributed by atoms with Gasteiger partial charge in [-0.15, -0.1) is 0 Å². The van der Waals surface area contributed by atoms with Gasteiger partial charge in [0.25, 0.3) is 5.91 Å². The van der Waals surface area contributed by atoms with Crippen LogP contribution in [0, 0.1) is 17.6 Å². The molecule has 138 valence electrons. The van der Waals surface area contributed by atoms with Crippen molar-refractivity contribution in [3.8, 4) is 0 Å². The second-order valence-electron chi connectivity index (χ2n) is 6.72. The van der Waals surface area contributed by atoms with E-state index in [0.29, 0.717) is 37.8 Å². The SMILES string of the molecule is O=C(c1cccc(F)c1)N1CCC(CCOCc2cccc(F)c2)CC1. The third kappa shape index (κ3) is 5.11. The number of hydrogen-bond donors (Lipinski definition) is 0. The Balaban J connectivity index is 1.38. The van der Waals surface area contributed by atoms with Crippen LogP contribution in [0.5, 0.6) is 0 Å². The second kappa shape index (κ2) is 8.90. The van der Waals surface area contributed by atoms with Crippen LogP contribution in [0.2, 0.25) is 0 Å². The van der Waals surface area contributed by atoms with Crippen LogP contribution in [0.3, 0.4) is 0 Å². The summed E-state index contributed by atoms with van der Waals surface area (Å²) in [6, 6.07) is 12.3. The van der Waals surface area contributed by atoms with Crippen LogP contribution in [0.1, 0.15) is 35.2 Å². The zero-order valence-corrected chi connectivity index (χ0v) is 14.7. The zero-order valence-electron chi connectivity index (χ0n) is 14.7. The topological polar surface area (TPSA) is 29.5 Å². The molecule has 26 heavy (non-hydrogen) atoms. The molecule has 1 amide bonds. The molecule has 1 heterocycles. The van der Waals surface area contributed by atoms with E-state index in [0.717, 1.165) is 24.8 Å². The van der Waals surface area contributed by atoms with Crippen molar-refractivity contribution in [2.75, 3.05) is 19.7 Å². The molecule has 0 unspecified atom stereocenters. The van der Waals surface area contributed by atoms with E-state index in [4.69, 9.17) is 4.74 Å². The van der Waals surface area contributed by atoms with E-state index in [2.05, 4.69) is 0 Å². The van der Waals surface area contributed by atoms with E-state index < -0.39 is 0 Å². The van der Waals surface area contributed by atoms with Crippen molar-refractivity contribution in [2.24, 2.45) is 5.92 Å². The highest BCUT2D eigenvalue weighted by molar-refractivity contribution is 5.94. The van der Waals surface area contributed by atoms with Crippen molar-refractivity contribution in [3.63, 3.8) is 0 Å². The van der Waals surface area contributed by atoms with Crippen molar-refractivity contribution in [3.05, 3.63) is 71.3 Å². The molecule has 5 heteroatoms. The Morgan fingerprint density at radius 3 is 2.42 bits per heavy atom. The highest BCUT2D eigenvalue weighted by Crippen LogP contribution is 2.22. The van der Waals surface area contributed by atoms with Crippen LogP contribution in [-0.2, 0) is 11.3 Å². The minimum atomic E-state index is -0.388. The lowest BCUT2D eigenvalue weighted by Crippen LogP contribution is -2.38. The van der Waals surface area contributed by atoms with Gasteiger partial charge < -0.3 is 9.64 Å². The molecule has 0 aromatic heterocycles. The van der Waals surface area contributed by atoms with Gasteiger partial charge in [-0.25, -0.2) is 8.78 Å². The predicted molar refractivity (Wildman–Crippen MR) is 95.7 cm³/mol. The first-order valence-electron chi connectivity index (χ1n) is 8.99. The molecule has 3 nitrogen and oxygen atoms in total. The number of carbonyl (C=O) groups is 1. The number of halogens is 2.